The van der Waals surface area contributed by atoms with Gasteiger partial charge in [-0.3, -0.25) is 0 Å². The minimum atomic E-state index is -0.100. The van der Waals surface area contributed by atoms with E-state index >= 15 is 0 Å². The molecule has 0 atom stereocenters. The van der Waals surface area contributed by atoms with Crippen molar-refractivity contribution in [1.82, 2.24) is 4.90 Å². The highest BCUT2D eigenvalue weighted by Crippen LogP contribution is 2.32. The predicted molar refractivity (Wildman–Crippen MR) is 103 cm³/mol. The number of carbonyl (C=O) groups is 1. The third kappa shape index (κ3) is 3.86. The number of amides is 2. The molecule has 7 heteroatoms. The van der Waals surface area contributed by atoms with Crippen LogP contribution in [0, 0.1) is 0 Å². The molecule has 0 saturated carbocycles. The van der Waals surface area contributed by atoms with Crippen LogP contribution in [-0.2, 0) is 0 Å². The largest absolute Gasteiger partial charge is 0.497 e. The van der Waals surface area contributed by atoms with Gasteiger partial charge in [-0.15, -0.1) is 0 Å². The van der Waals surface area contributed by atoms with E-state index in [4.69, 9.17) is 14.2 Å². The Morgan fingerprint density at radius 1 is 1.00 bits per heavy atom. The molecule has 0 aliphatic carbocycles. The lowest BCUT2D eigenvalue weighted by Gasteiger charge is -2.36. The van der Waals surface area contributed by atoms with Crippen molar-refractivity contribution in [1.29, 1.82) is 0 Å². The van der Waals surface area contributed by atoms with E-state index < -0.39 is 0 Å². The SMILES string of the molecule is COc1cccc(N2CCN(C(=O)Nc3ccc4c(c3)OCCO4)CC2)c1. The van der Waals surface area contributed by atoms with Crippen LogP contribution >= 0.6 is 0 Å². The van der Waals surface area contributed by atoms with Crippen LogP contribution in [0.4, 0.5) is 16.2 Å². The van der Waals surface area contributed by atoms with Crippen molar-refractivity contribution in [3.63, 3.8) is 0 Å². The van der Waals surface area contributed by atoms with Crippen LogP contribution in [0.2, 0.25) is 0 Å². The third-order valence-corrected chi connectivity index (χ3v) is 4.78. The molecule has 1 fully saturated rings. The molecular weight excluding hydrogens is 346 g/mol. The molecular formula is C20H23N3O4. The Bertz CT molecular complexity index is 819. The summed E-state index contributed by atoms with van der Waals surface area (Å²) in [5.74, 6) is 2.22. The number of fused-ring (bicyclic) bond motifs is 1. The Kier molecular flexibility index (Phi) is 4.91. The van der Waals surface area contributed by atoms with Crippen LogP contribution in [-0.4, -0.2) is 57.4 Å². The monoisotopic (exact) mass is 369 g/mol. The van der Waals surface area contributed by atoms with Crippen molar-refractivity contribution in [2.75, 3.05) is 56.7 Å². The molecule has 1 saturated heterocycles. The first-order valence-electron chi connectivity index (χ1n) is 9.07. The number of hydrogen-bond donors (Lipinski definition) is 1. The van der Waals surface area contributed by atoms with Crippen molar-refractivity contribution >= 4 is 17.4 Å². The topological polar surface area (TPSA) is 63.3 Å². The fourth-order valence-electron chi connectivity index (χ4n) is 3.30. The van der Waals surface area contributed by atoms with Crippen LogP contribution in [0.1, 0.15) is 0 Å². The van der Waals surface area contributed by atoms with Gasteiger partial charge in [-0.05, 0) is 24.3 Å². The van der Waals surface area contributed by atoms with Crippen molar-refractivity contribution < 1.29 is 19.0 Å². The van der Waals surface area contributed by atoms with Gasteiger partial charge in [-0.1, -0.05) is 6.07 Å². The highest BCUT2D eigenvalue weighted by atomic mass is 16.6. The number of nitrogens with one attached hydrogen (secondary N) is 1. The lowest BCUT2D eigenvalue weighted by molar-refractivity contribution is 0.171. The molecule has 1 N–H and O–H groups in total. The first-order chi connectivity index (χ1) is 13.2. The Hall–Kier alpha value is -3.09. The third-order valence-electron chi connectivity index (χ3n) is 4.78. The smallest absolute Gasteiger partial charge is 0.321 e. The molecule has 2 heterocycles. The van der Waals surface area contributed by atoms with Crippen LogP contribution < -0.4 is 24.4 Å². The molecule has 0 radical (unpaired) electrons. The quantitative estimate of drug-likeness (QED) is 0.901. The number of hydrogen-bond acceptors (Lipinski definition) is 5. The number of anilines is 2. The Morgan fingerprint density at radius 2 is 1.78 bits per heavy atom. The van der Waals surface area contributed by atoms with E-state index in [1.807, 2.05) is 35.2 Å². The molecule has 0 unspecified atom stereocenters. The second-order valence-corrected chi connectivity index (χ2v) is 6.46. The van der Waals surface area contributed by atoms with Gasteiger partial charge in [-0.25, -0.2) is 4.79 Å². The fraction of sp³-hybridized carbons (Fsp3) is 0.350. The van der Waals surface area contributed by atoms with E-state index in [2.05, 4.69) is 16.3 Å². The Balaban J connectivity index is 1.34. The summed E-state index contributed by atoms with van der Waals surface area (Å²) in [6.07, 6.45) is 0. The van der Waals surface area contributed by atoms with Crippen LogP contribution in [0.15, 0.2) is 42.5 Å². The molecule has 7 nitrogen and oxygen atoms in total. The minimum Gasteiger partial charge on any atom is -0.497 e. The lowest BCUT2D eigenvalue weighted by Crippen LogP contribution is -2.50. The normalized spacial score (nSPS) is 16.0. The molecule has 0 bridgehead atoms. The summed E-state index contributed by atoms with van der Waals surface area (Å²) in [5.41, 5.74) is 1.82. The van der Waals surface area contributed by atoms with Crippen molar-refractivity contribution in [3.8, 4) is 17.2 Å². The average molecular weight is 369 g/mol. The van der Waals surface area contributed by atoms with Gasteiger partial charge in [0.05, 0.1) is 7.11 Å². The van der Waals surface area contributed by atoms with Crippen LogP contribution in [0.5, 0.6) is 17.2 Å². The number of methoxy groups -OCH3 is 1. The highest BCUT2D eigenvalue weighted by molar-refractivity contribution is 5.90. The highest BCUT2D eigenvalue weighted by Gasteiger charge is 2.22. The minimum absolute atomic E-state index is 0.100. The predicted octanol–water partition coefficient (Wildman–Crippen LogP) is 2.82. The van der Waals surface area contributed by atoms with E-state index in [0.29, 0.717) is 43.5 Å². The number of ether oxygens (including phenoxy) is 3. The van der Waals surface area contributed by atoms with Gasteiger partial charge in [0.2, 0.25) is 0 Å². The van der Waals surface area contributed by atoms with Gasteiger partial charge < -0.3 is 29.3 Å². The number of urea groups is 1. The molecule has 2 aromatic carbocycles. The van der Waals surface area contributed by atoms with Gasteiger partial charge >= 0.3 is 6.03 Å². The lowest BCUT2D eigenvalue weighted by atomic mass is 10.2. The first kappa shape index (κ1) is 17.3. The van der Waals surface area contributed by atoms with Gasteiger partial charge in [0, 0.05) is 49.7 Å². The summed E-state index contributed by atoms with van der Waals surface area (Å²) < 4.78 is 16.4. The summed E-state index contributed by atoms with van der Waals surface area (Å²) >= 11 is 0. The maximum atomic E-state index is 12.6. The first-order valence-corrected chi connectivity index (χ1v) is 9.07. The van der Waals surface area contributed by atoms with Gasteiger partial charge in [0.25, 0.3) is 0 Å². The summed E-state index contributed by atoms with van der Waals surface area (Å²) in [6, 6.07) is 13.4. The zero-order valence-corrected chi connectivity index (χ0v) is 15.3. The zero-order valence-electron chi connectivity index (χ0n) is 15.3. The maximum absolute atomic E-state index is 12.6. The van der Waals surface area contributed by atoms with E-state index in [1.54, 1.807) is 13.2 Å². The number of benzene rings is 2. The second-order valence-electron chi connectivity index (χ2n) is 6.46. The molecule has 2 amide bonds. The molecule has 27 heavy (non-hydrogen) atoms. The van der Waals surface area contributed by atoms with E-state index in [1.165, 1.54) is 0 Å². The van der Waals surface area contributed by atoms with Crippen LogP contribution in [0.25, 0.3) is 0 Å². The summed E-state index contributed by atoms with van der Waals surface area (Å²) in [6.45, 7) is 3.96. The molecule has 4 rings (SSSR count). The number of carbonyl (C=O) groups excluding carboxylic acids is 1. The Labute approximate surface area is 158 Å². The summed E-state index contributed by atoms with van der Waals surface area (Å²) in [7, 11) is 1.67. The summed E-state index contributed by atoms with van der Waals surface area (Å²) in [4.78, 5) is 16.7. The van der Waals surface area contributed by atoms with E-state index in [9.17, 15) is 4.79 Å². The van der Waals surface area contributed by atoms with Crippen LogP contribution in [0.3, 0.4) is 0 Å². The maximum Gasteiger partial charge on any atom is 0.321 e. The van der Waals surface area contributed by atoms with Gasteiger partial charge in [0.1, 0.15) is 19.0 Å². The number of rotatable bonds is 3. The standard InChI is InChI=1S/C20H23N3O4/c1-25-17-4-2-3-16(14-17)22-7-9-23(10-8-22)20(24)21-15-5-6-18-19(13-15)27-12-11-26-18/h2-6,13-14H,7-12H2,1H3,(H,21,24). The molecule has 2 aliphatic rings. The van der Waals surface area contributed by atoms with E-state index in [-0.39, 0.29) is 6.03 Å². The second kappa shape index (κ2) is 7.65. The summed E-state index contributed by atoms with van der Waals surface area (Å²) in [5, 5.41) is 2.95. The Morgan fingerprint density at radius 3 is 2.56 bits per heavy atom. The fourth-order valence-corrected chi connectivity index (χ4v) is 3.30. The number of piperazine rings is 1. The molecule has 0 spiro atoms. The average Bonchev–Trinajstić information content (AvgIpc) is 2.74. The molecule has 0 aromatic heterocycles. The van der Waals surface area contributed by atoms with Crippen molar-refractivity contribution in [2.24, 2.45) is 0 Å². The molecule has 2 aliphatic heterocycles. The molecule has 2 aromatic rings. The van der Waals surface area contributed by atoms with Crippen molar-refractivity contribution in [2.45, 2.75) is 0 Å². The van der Waals surface area contributed by atoms with Gasteiger partial charge in [-0.2, -0.15) is 0 Å². The molecule has 142 valence electrons. The van der Waals surface area contributed by atoms with Crippen molar-refractivity contribution in [3.05, 3.63) is 42.5 Å². The van der Waals surface area contributed by atoms with Gasteiger partial charge in [0.15, 0.2) is 11.5 Å². The van der Waals surface area contributed by atoms with E-state index in [0.717, 1.165) is 24.5 Å². The zero-order chi connectivity index (χ0) is 18.6. The number of nitrogens with zero attached hydrogens (tertiary/aromatic N) is 2.